The molecule has 1 atom stereocenters. The predicted molar refractivity (Wildman–Crippen MR) is 73.1 cm³/mol. The van der Waals surface area contributed by atoms with Crippen LogP contribution >= 0.6 is 15.9 Å². The van der Waals surface area contributed by atoms with Crippen LogP contribution in [0.4, 0.5) is 0 Å². The van der Waals surface area contributed by atoms with E-state index in [-0.39, 0.29) is 12.3 Å². The summed E-state index contributed by atoms with van der Waals surface area (Å²) in [4.78, 5) is 11.0. The van der Waals surface area contributed by atoms with Crippen LogP contribution in [0, 0.1) is 12.8 Å². The zero-order chi connectivity index (χ0) is 13.3. The third kappa shape index (κ3) is 2.86. The fourth-order valence-corrected chi connectivity index (χ4v) is 2.85. The molecule has 1 aromatic carbocycles. The molecule has 3 nitrogen and oxygen atoms in total. The number of halogens is 1. The Labute approximate surface area is 115 Å². The maximum atomic E-state index is 11.0. The van der Waals surface area contributed by atoms with E-state index in [1.165, 1.54) is 0 Å². The van der Waals surface area contributed by atoms with Crippen molar-refractivity contribution in [2.75, 3.05) is 7.11 Å². The van der Waals surface area contributed by atoms with Crippen molar-refractivity contribution < 1.29 is 14.6 Å². The van der Waals surface area contributed by atoms with Gasteiger partial charge in [-0.25, -0.2) is 0 Å². The molecule has 1 aliphatic carbocycles. The number of carboxylic acids is 1. The highest BCUT2D eigenvalue weighted by atomic mass is 79.9. The maximum absolute atomic E-state index is 11.0. The highest BCUT2D eigenvalue weighted by Gasteiger charge is 2.35. The average Bonchev–Trinajstić information content (AvgIpc) is 3.13. The Morgan fingerprint density at radius 2 is 2.22 bits per heavy atom. The van der Waals surface area contributed by atoms with E-state index in [4.69, 9.17) is 9.84 Å². The molecule has 1 unspecified atom stereocenters. The Kier molecular flexibility index (Phi) is 3.95. The van der Waals surface area contributed by atoms with E-state index >= 15 is 0 Å². The number of carboxylic acid groups (broad SMARTS) is 1. The number of hydrogen-bond acceptors (Lipinski definition) is 2. The Balaban J connectivity index is 2.39. The van der Waals surface area contributed by atoms with Crippen LogP contribution in [-0.4, -0.2) is 18.2 Å². The highest BCUT2D eigenvalue weighted by Crippen LogP contribution is 2.47. The highest BCUT2D eigenvalue weighted by molar-refractivity contribution is 9.10. The van der Waals surface area contributed by atoms with Crippen LogP contribution in [0.3, 0.4) is 0 Å². The predicted octanol–water partition coefficient (Wildman–Crippen LogP) is 3.73. The summed E-state index contributed by atoms with van der Waals surface area (Å²) in [5.41, 5.74) is 2.22. The first kappa shape index (κ1) is 13.4. The molecule has 0 aromatic heterocycles. The second-order valence-corrected chi connectivity index (χ2v) is 5.72. The van der Waals surface area contributed by atoms with Crippen molar-refractivity contribution in [1.82, 2.24) is 0 Å². The van der Waals surface area contributed by atoms with Crippen LogP contribution in [-0.2, 0) is 4.79 Å². The molecule has 0 saturated heterocycles. The lowest BCUT2D eigenvalue weighted by Gasteiger charge is -2.19. The SMILES string of the molecule is COc1cc(Br)c(C)c(C(CC(=O)O)C2CC2)c1. The van der Waals surface area contributed by atoms with Gasteiger partial charge in [-0.1, -0.05) is 15.9 Å². The molecule has 0 amide bonds. The number of carbonyl (C=O) groups is 1. The zero-order valence-electron chi connectivity index (χ0n) is 10.6. The molecule has 1 aromatic rings. The van der Waals surface area contributed by atoms with E-state index in [1.807, 2.05) is 19.1 Å². The molecule has 0 heterocycles. The van der Waals surface area contributed by atoms with Crippen LogP contribution in [0.5, 0.6) is 5.75 Å². The van der Waals surface area contributed by atoms with Gasteiger partial charge in [0.15, 0.2) is 0 Å². The van der Waals surface area contributed by atoms with E-state index in [0.717, 1.165) is 34.2 Å². The number of rotatable bonds is 5. The Morgan fingerprint density at radius 3 is 2.72 bits per heavy atom. The molecule has 1 N–H and O–H groups in total. The maximum Gasteiger partial charge on any atom is 0.303 e. The molecule has 4 heteroatoms. The van der Waals surface area contributed by atoms with Gasteiger partial charge < -0.3 is 9.84 Å². The van der Waals surface area contributed by atoms with Crippen LogP contribution in [0.1, 0.15) is 36.3 Å². The molecule has 0 spiro atoms. The Morgan fingerprint density at radius 1 is 1.56 bits per heavy atom. The van der Waals surface area contributed by atoms with Gasteiger partial charge in [-0.2, -0.15) is 0 Å². The van der Waals surface area contributed by atoms with Crippen LogP contribution < -0.4 is 4.74 Å². The summed E-state index contributed by atoms with van der Waals surface area (Å²) in [7, 11) is 1.63. The number of ether oxygens (including phenoxy) is 1. The summed E-state index contributed by atoms with van der Waals surface area (Å²) in [6.45, 7) is 2.02. The minimum atomic E-state index is -0.731. The summed E-state index contributed by atoms with van der Waals surface area (Å²) in [5, 5.41) is 9.07. The second-order valence-electron chi connectivity index (χ2n) is 4.87. The average molecular weight is 313 g/mol. The molecule has 1 aliphatic rings. The fraction of sp³-hybridized carbons (Fsp3) is 0.500. The number of benzene rings is 1. The monoisotopic (exact) mass is 312 g/mol. The zero-order valence-corrected chi connectivity index (χ0v) is 12.2. The van der Waals surface area contributed by atoms with Crippen LogP contribution in [0.2, 0.25) is 0 Å². The number of hydrogen-bond donors (Lipinski definition) is 1. The van der Waals surface area contributed by atoms with Gasteiger partial charge in [-0.3, -0.25) is 4.79 Å². The third-order valence-electron chi connectivity index (χ3n) is 3.58. The molecule has 1 fully saturated rings. The van der Waals surface area contributed by atoms with Gasteiger partial charge >= 0.3 is 5.97 Å². The van der Waals surface area contributed by atoms with Gasteiger partial charge in [0.2, 0.25) is 0 Å². The van der Waals surface area contributed by atoms with Crippen molar-refractivity contribution in [1.29, 1.82) is 0 Å². The van der Waals surface area contributed by atoms with E-state index in [0.29, 0.717) is 5.92 Å². The standard InChI is InChI=1S/C14H17BrO3/c1-8-11(5-10(18-2)6-13(8)15)12(7-14(16)17)9-3-4-9/h5-6,9,12H,3-4,7H2,1-2H3,(H,16,17). The van der Waals surface area contributed by atoms with E-state index in [1.54, 1.807) is 7.11 Å². The van der Waals surface area contributed by atoms with Crippen molar-refractivity contribution in [2.45, 2.75) is 32.1 Å². The van der Waals surface area contributed by atoms with Crippen molar-refractivity contribution in [3.63, 3.8) is 0 Å². The largest absolute Gasteiger partial charge is 0.497 e. The molecule has 18 heavy (non-hydrogen) atoms. The minimum absolute atomic E-state index is 0.105. The van der Waals surface area contributed by atoms with Gasteiger partial charge in [-0.05, 0) is 54.9 Å². The third-order valence-corrected chi connectivity index (χ3v) is 4.40. The lowest BCUT2D eigenvalue weighted by molar-refractivity contribution is -0.137. The van der Waals surface area contributed by atoms with Gasteiger partial charge in [-0.15, -0.1) is 0 Å². The summed E-state index contributed by atoms with van der Waals surface area (Å²) in [6.07, 6.45) is 2.46. The first-order valence-corrected chi connectivity index (χ1v) is 6.88. The Hall–Kier alpha value is -1.03. The lowest BCUT2D eigenvalue weighted by Crippen LogP contribution is -2.10. The Bertz CT molecular complexity index is 466. The van der Waals surface area contributed by atoms with Crippen molar-refractivity contribution in [3.05, 3.63) is 27.7 Å². The van der Waals surface area contributed by atoms with E-state index in [9.17, 15) is 4.79 Å². The second kappa shape index (κ2) is 5.31. The summed E-state index contributed by atoms with van der Waals surface area (Å²) in [5.74, 6) is 0.663. The molecular weight excluding hydrogens is 296 g/mol. The first-order valence-electron chi connectivity index (χ1n) is 6.08. The quantitative estimate of drug-likeness (QED) is 0.901. The minimum Gasteiger partial charge on any atom is -0.497 e. The number of aliphatic carboxylic acids is 1. The first-order chi connectivity index (χ1) is 8.52. The summed E-state index contributed by atoms with van der Waals surface area (Å²) in [6, 6.07) is 3.90. The van der Waals surface area contributed by atoms with Gasteiger partial charge in [0, 0.05) is 4.47 Å². The van der Waals surface area contributed by atoms with E-state index in [2.05, 4.69) is 15.9 Å². The number of methoxy groups -OCH3 is 1. The molecule has 98 valence electrons. The summed E-state index contributed by atoms with van der Waals surface area (Å²) < 4.78 is 6.25. The normalized spacial score (nSPS) is 16.4. The smallest absolute Gasteiger partial charge is 0.303 e. The molecular formula is C14H17BrO3. The lowest BCUT2D eigenvalue weighted by atomic mass is 9.88. The van der Waals surface area contributed by atoms with Gasteiger partial charge in [0.05, 0.1) is 13.5 Å². The van der Waals surface area contributed by atoms with Crippen LogP contribution in [0.15, 0.2) is 16.6 Å². The van der Waals surface area contributed by atoms with Crippen molar-refractivity contribution >= 4 is 21.9 Å². The van der Waals surface area contributed by atoms with Crippen molar-refractivity contribution in [2.24, 2.45) is 5.92 Å². The molecule has 0 radical (unpaired) electrons. The molecule has 0 bridgehead atoms. The topological polar surface area (TPSA) is 46.5 Å². The van der Waals surface area contributed by atoms with E-state index < -0.39 is 5.97 Å². The van der Waals surface area contributed by atoms with Gasteiger partial charge in [0.1, 0.15) is 5.75 Å². The fourth-order valence-electron chi connectivity index (χ4n) is 2.39. The molecule has 2 rings (SSSR count). The van der Waals surface area contributed by atoms with Gasteiger partial charge in [0.25, 0.3) is 0 Å². The summed E-state index contributed by atoms with van der Waals surface area (Å²) >= 11 is 3.51. The van der Waals surface area contributed by atoms with Crippen LogP contribution in [0.25, 0.3) is 0 Å². The molecule has 1 saturated carbocycles. The van der Waals surface area contributed by atoms with Crippen molar-refractivity contribution in [3.8, 4) is 5.75 Å². The molecule has 0 aliphatic heterocycles.